The predicted molar refractivity (Wildman–Crippen MR) is 83.8 cm³/mol. The first-order valence-corrected chi connectivity index (χ1v) is 6.94. The van der Waals surface area contributed by atoms with Crippen LogP contribution < -0.4 is 16.4 Å². The molecular weight excluding hydrogens is 302 g/mol. The Hall–Kier alpha value is -2.61. The summed E-state index contributed by atoms with van der Waals surface area (Å²) in [6.45, 7) is 4.98. The molecule has 1 rings (SSSR count). The van der Waals surface area contributed by atoms with Gasteiger partial charge in [-0.05, 0) is 45.0 Å². The van der Waals surface area contributed by atoms with Gasteiger partial charge in [-0.25, -0.2) is 4.79 Å². The van der Waals surface area contributed by atoms with E-state index in [1.54, 1.807) is 20.8 Å². The number of amides is 3. The molecule has 8 heteroatoms. The maximum atomic E-state index is 11.8. The van der Waals surface area contributed by atoms with Gasteiger partial charge in [0.2, 0.25) is 5.91 Å². The first-order valence-electron chi connectivity index (χ1n) is 6.94. The molecule has 0 aromatic heterocycles. The summed E-state index contributed by atoms with van der Waals surface area (Å²) in [6, 6.07) is 6.03. The van der Waals surface area contributed by atoms with Crippen molar-refractivity contribution in [2.45, 2.75) is 32.5 Å². The molecule has 3 amide bonds. The Labute approximate surface area is 134 Å². The molecular formula is C15H21N3O5. The van der Waals surface area contributed by atoms with Crippen LogP contribution in [0.5, 0.6) is 0 Å². The second kappa shape index (κ2) is 7.59. The molecule has 1 unspecified atom stereocenters. The number of nitrogens with one attached hydrogen (secondary N) is 2. The summed E-state index contributed by atoms with van der Waals surface area (Å²) in [7, 11) is 0. The lowest BCUT2D eigenvalue weighted by Crippen LogP contribution is -2.39. The average molecular weight is 323 g/mol. The second-order valence-electron chi connectivity index (χ2n) is 5.83. The van der Waals surface area contributed by atoms with Gasteiger partial charge in [-0.2, -0.15) is 0 Å². The van der Waals surface area contributed by atoms with E-state index in [9.17, 15) is 19.5 Å². The highest BCUT2D eigenvalue weighted by atomic mass is 16.6. The largest absolute Gasteiger partial charge is 0.444 e. The molecule has 23 heavy (non-hydrogen) atoms. The molecule has 0 radical (unpaired) electrons. The quantitative estimate of drug-likeness (QED) is 0.630. The number of rotatable bonds is 5. The minimum Gasteiger partial charge on any atom is -0.444 e. The Morgan fingerprint density at radius 2 is 1.78 bits per heavy atom. The van der Waals surface area contributed by atoms with Crippen molar-refractivity contribution in [2.24, 2.45) is 5.73 Å². The van der Waals surface area contributed by atoms with E-state index in [2.05, 4.69) is 10.6 Å². The minimum atomic E-state index is -1.44. The average Bonchev–Trinajstić information content (AvgIpc) is 2.42. The van der Waals surface area contributed by atoms with Crippen LogP contribution in [0.2, 0.25) is 0 Å². The van der Waals surface area contributed by atoms with Crippen LogP contribution in [0.4, 0.5) is 10.5 Å². The van der Waals surface area contributed by atoms with Gasteiger partial charge in [-0.15, -0.1) is 0 Å². The van der Waals surface area contributed by atoms with Gasteiger partial charge >= 0.3 is 6.09 Å². The molecule has 1 aromatic rings. The monoisotopic (exact) mass is 323 g/mol. The fourth-order valence-electron chi connectivity index (χ4n) is 1.52. The third-order valence-electron chi connectivity index (χ3n) is 2.58. The summed E-state index contributed by atoms with van der Waals surface area (Å²) in [6.07, 6.45) is -2.04. The highest BCUT2D eigenvalue weighted by Gasteiger charge is 2.16. The van der Waals surface area contributed by atoms with Gasteiger partial charge < -0.3 is 20.9 Å². The summed E-state index contributed by atoms with van der Waals surface area (Å²) in [5, 5.41) is 14.1. The number of nitrogens with two attached hydrogens (primary N) is 1. The fourth-order valence-corrected chi connectivity index (χ4v) is 1.52. The minimum absolute atomic E-state index is 0.272. The van der Waals surface area contributed by atoms with Gasteiger partial charge in [0, 0.05) is 11.3 Å². The molecule has 5 N–H and O–H groups in total. The zero-order chi connectivity index (χ0) is 17.6. The molecule has 0 bridgehead atoms. The van der Waals surface area contributed by atoms with E-state index < -0.39 is 29.6 Å². The first-order chi connectivity index (χ1) is 10.6. The first kappa shape index (κ1) is 18.4. The summed E-state index contributed by atoms with van der Waals surface area (Å²) in [4.78, 5) is 34.1. The van der Waals surface area contributed by atoms with Gasteiger partial charge in [0.1, 0.15) is 11.7 Å². The molecule has 0 aliphatic heterocycles. The summed E-state index contributed by atoms with van der Waals surface area (Å²) in [5.41, 5.74) is 5.04. The molecule has 1 aromatic carbocycles. The van der Waals surface area contributed by atoms with Crippen LogP contribution in [0.25, 0.3) is 0 Å². The van der Waals surface area contributed by atoms with E-state index in [1.165, 1.54) is 24.3 Å². The van der Waals surface area contributed by atoms with Gasteiger partial charge in [0.15, 0.2) is 0 Å². The van der Waals surface area contributed by atoms with E-state index in [0.717, 1.165) is 0 Å². The molecule has 0 aliphatic carbocycles. The maximum Gasteiger partial charge on any atom is 0.412 e. The number of aliphatic hydroxyl groups is 1. The van der Waals surface area contributed by atoms with Crippen molar-refractivity contribution in [1.29, 1.82) is 0 Å². The molecule has 0 fully saturated rings. The third-order valence-corrected chi connectivity index (χ3v) is 2.58. The number of carbonyl (C=O) groups is 3. The second-order valence-corrected chi connectivity index (χ2v) is 5.83. The Morgan fingerprint density at radius 1 is 1.22 bits per heavy atom. The molecule has 126 valence electrons. The lowest BCUT2D eigenvalue weighted by Gasteiger charge is -2.19. The van der Waals surface area contributed by atoms with E-state index in [1.807, 2.05) is 0 Å². The highest BCUT2D eigenvalue weighted by Crippen LogP contribution is 2.13. The summed E-state index contributed by atoms with van der Waals surface area (Å²) >= 11 is 0. The lowest BCUT2D eigenvalue weighted by molar-refractivity contribution is -0.125. The van der Waals surface area contributed by atoms with E-state index in [0.29, 0.717) is 11.3 Å². The Kier molecular flexibility index (Phi) is 6.09. The van der Waals surface area contributed by atoms with Crippen LogP contribution in [0.15, 0.2) is 24.3 Å². The Bertz CT molecular complexity index is 578. The summed E-state index contributed by atoms with van der Waals surface area (Å²) in [5.74, 6) is -1.39. The maximum absolute atomic E-state index is 11.8. The molecule has 8 nitrogen and oxygen atoms in total. The summed E-state index contributed by atoms with van der Waals surface area (Å²) < 4.78 is 5.11. The van der Waals surface area contributed by atoms with Crippen molar-refractivity contribution < 1.29 is 24.2 Å². The molecule has 0 heterocycles. The normalized spacial score (nSPS) is 12.2. The van der Waals surface area contributed by atoms with Crippen molar-refractivity contribution in [1.82, 2.24) is 5.32 Å². The molecule has 0 spiro atoms. The number of aliphatic hydroxyl groups excluding tert-OH is 1. The zero-order valence-electron chi connectivity index (χ0n) is 13.3. The Morgan fingerprint density at radius 3 is 2.26 bits per heavy atom. The van der Waals surface area contributed by atoms with Gasteiger partial charge in [-0.3, -0.25) is 14.9 Å². The zero-order valence-corrected chi connectivity index (χ0v) is 13.3. The number of carbonyl (C=O) groups excluding carboxylic acids is 3. The van der Waals surface area contributed by atoms with Gasteiger partial charge in [0.25, 0.3) is 5.91 Å². The van der Waals surface area contributed by atoms with E-state index in [4.69, 9.17) is 10.5 Å². The van der Waals surface area contributed by atoms with Crippen molar-refractivity contribution in [3.8, 4) is 0 Å². The van der Waals surface area contributed by atoms with Gasteiger partial charge in [-0.1, -0.05) is 0 Å². The topological polar surface area (TPSA) is 131 Å². The lowest BCUT2D eigenvalue weighted by atomic mass is 10.2. The van der Waals surface area contributed by atoms with Crippen LogP contribution in [-0.4, -0.2) is 41.3 Å². The number of anilines is 1. The van der Waals surface area contributed by atoms with Crippen molar-refractivity contribution in [2.75, 3.05) is 11.9 Å². The highest BCUT2D eigenvalue weighted by molar-refractivity contribution is 5.95. The number of primary amides is 1. The third kappa shape index (κ3) is 6.79. The molecule has 0 saturated carbocycles. The Balaban J connectivity index is 2.57. The van der Waals surface area contributed by atoms with Crippen LogP contribution in [0.1, 0.15) is 31.1 Å². The van der Waals surface area contributed by atoms with Crippen LogP contribution >= 0.6 is 0 Å². The van der Waals surface area contributed by atoms with Crippen molar-refractivity contribution in [3.63, 3.8) is 0 Å². The van der Waals surface area contributed by atoms with Crippen molar-refractivity contribution in [3.05, 3.63) is 29.8 Å². The number of hydrogen-bond donors (Lipinski definition) is 4. The number of ether oxygens (including phenoxy) is 1. The number of hydrogen-bond acceptors (Lipinski definition) is 5. The van der Waals surface area contributed by atoms with Crippen LogP contribution in [-0.2, 0) is 9.53 Å². The molecule has 0 aliphatic rings. The predicted octanol–water partition coefficient (Wildman–Crippen LogP) is 0.610. The smallest absolute Gasteiger partial charge is 0.412 e. The van der Waals surface area contributed by atoms with Gasteiger partial charge in [0.05, 0.1) is 6.54 Å². The van der Waals surface area contributed by atoms with Crippen LogP contribution in [0, 0.1) is 0 Å². The number of benzene rings is 1. The standard InChI is InChI=1S/C15H21N3O5/c1-15(2,3)23-14(22)18-10-6-4-9(5-7-10)13(21)17-8-11(19)12(16)20/h4-7,11,19H,8H2,1-3H3,(H2,16,20)(H,17,21)(H,18,22). The molecule has 1 atom stereocenters. The SMILES string of the molecule is CC(C)(C)OC(=O)Nc1ccc(C(=O)NCC(O)C(N)=O)cc1. The van der Waals surface area contributed by atoms with E-state index >= 15 is 0 Å². The molecule has 0 saturated heterocycles. The van der Waals surface area contributed by atoms with Crippen LogP contribution in [0.3, 0.4) is 0 Å². The van der Waals surface area contributed by atoms with Crippen molar-refractivity contribution >= 4 is 23.6 Å². The van der Waals surface area contributed by atoms with E-state index in [-0.39, 0.29) is 6.54 Å². The fraction of sp³-hybridized carbons (Fsp3) is 0.400.